The number of aryl methyl sites for hydroxylation is 4. The average molecular weight is 869 g/mol. The summed E-state index contributed by atoms with van der Waals surface area (Å²) in [6.07, 6.45) is 9.08. The predicted octanol–water partition coefficient (Wildman–Crippen LogP) is 16.9. The molecule has 0 saturated heterocycles. The molecule has 3 aliphatic carbocycles. The van der Waals surface area contributed by atoms with E-state index in [0.29, 0.717) is 0 Å². The van der Waals surface area contributed by atoms with Crippen molar-refractivity contribution >= 4 is 67.9 Å². The van der Waals surface area contributed by atoms with Gasteiger partial charge in [-0.25, -0.2) is 0 Å². The van der Waals surface area contributed by atoms with Crippen molar-refractivity contribution in [2.24, 2.45) is 23.7 Å². The van der Waals surface area contributed by atoms with Crippen LogP contribution in [0.15, 0.2) is 71.1 Å². The Morgan fingerprint density at radius 1 is 0.580 bits per heavy atom. The van der Waals surface area contributed by atoms with E-state index < -0.39 is 20.8 Å². The Bertz CT molecular complexity index is 1480. The van der Waals surface area contributed by atoms with E-state index in [1.165, 1.54) is 66.8 Å². The van der Waals surface area contributed by atoms with Crippen LogP contribution >= 0.6 is 62.4 Å². The van der Waals surface area contributed by atoms with Gasteiger partial charge in [-0.15, -0.1) is 45.3 Å². The van der Waals surface area contributed by atoms with E-state index in [9.17, 15) is 0 Å². The van der Waals surface area contributed by atoms with Gasteiger partial charge in [0.2, 0.25) is 0 Å². The first-order valence-electron chi connectivity index (χ1n) is 17.3. The van der Waals surface area contributed by atoms with Crippen LogP contribution in [-0.4, -0.2) is 0 Å². The van der Waals surface area contributed by atoms with E-state index in [-0.39, 0.29) is 14.9 Å². The molecular weight excluding hydrogens is 807 g/mol. The molecule has 7 heteroatoms. The number of hydrogen-bond acceptors (Lipinski definition) is 4. The van der Waals surface area contributed by atoms with E-state index in [2.05, 4.69) is 129 Å². The van der Waals surface area contributed by atoms with Crippen molar-refractivity contribution in [2.45, 2.75) is 113 Å². The third-order valence-corrected chi connectivity index (χ3v) is 14.3. The molecule has 0 radical (unpaired) electrons. The monoisotopic (exact) mass is 866 g/mol. The minimum atomic E-state index is -0.826. The zero-order valence-corrected chi connectivity index (χ0v) is 39.9. The van der Waals surface area contributed by atoms with E-state index in [1.54, 1.807) is 21.1 Å². The number of allylic oxidation sites excluding steroid dienone is 4. The van der Waals surface area contributed by atoms with Crippen molar-refractivity contribution < 1.29 is 20.8 Å². The Hall–Kier alpha value is -0.257. The summed E-state index contributed by atoms with van der Waals surface area (Å²) in [5.74, 6) is 5.42. The molecule has 0 nitrogen and oxygen atoms in total. The molecule has 276 valence electrons. The number of rotatable bonds is 3. The van der Waals surface area contributed by atoms with E-state index in [4.69, 9.17) is 17.0 Å². The van der Waals surface area contributed by atoms with Gasteiger partial charge in [-0.2, -0.15) is 0 Å². The Morgan fingerprint density at radius 3 is 1.26 bits per heavy atom. The SMILES string of the molecule is CC1=C(C)CC(c2ccc(C)s2)=C1.Cc1ccc(C2CC(C)C(C)C2)s1.Cc1ccc(C2CC(C)C(C)C2)s1.Cc1cccs1.[CH3-].[CH3-].[Cl][Zr+2][Cl]. The van der Waals surface area contributed by atoms with E-state index in [1.807, 2.05) is 34.0 Å². The minimum absolute atomic E-state index is 0. The van der Waals surface area contributed by atoms with Crippen molar-refractivity contribution in [3.63, 3.8) is 0 Å². The second kappa shape index (κ2) is 24.2. The van der Waals surface area contributed by atoms with Crippen molar-refractivity contribution in [1.29, 1.82) is 0 Å². The molecule has 4 aromatic rings. The summed E-state index contributed by atoms with van der Waals surface area (Å²) in [5.41, 5.74) is 4.45. The van der Waals surface area contributed by atoms with Crippen molar-refractivity contribution in [3.05, 3.63) is 120 Å². The first-order valence-corrected chi connectivity index (χ1v) is 27.0. The maximum atomic E-state index is 4.93. The molecule has 4 aromatic heterocycles. The predicted molar refractivity (Wildman–Crippen MR) is 232 cm³/mol. The summed E-state index contributed by atoms with van der Waals surface area (Å²) >= 11 is 6.82. The molecule has 0 spiro atoms. The van der Waals surface area contributed by atoms with E-state index in [0.717, 1.165) is 41.9 Å². The zero-order valence-electron chi connectivity index (χ0n) is 32.7. The van der Waals surface area contributed by atoms with Crippen molar-refractivity contribution in [3.8, 4) is 0 Å². The van der Waals surface area contributed by atoms with Gasteiger partial charge in [0.15, 0.2) is 0 Å². The molecule has 7 rings (SSSR count). The van der Waals surface area contributed by atoms with Crippen LogP contribution in [-0.2, 0) is 20.8 Å². The topological polar surface area (TPSA) is 0 Å². The van der Waals surface area contributed by atoms with Gasteiger partial charge in [0.1, 0.15) is 0 Å². The second-order valence-electron chi connectivity index (χ2n) is 14.2. The number of halogens is 2. The van der Waals surface area contributed by atoms with Gasteiger partial charge in [0.05, 0.1) is 0 Å². The van der Waals surface area contributed by atoms with Crippen LogP contribution in [0.5, 0.6) is 0 Å². The third kappa shape index (κ3) is 15.6. The van der Waals surface area contributed by atoms with Gasteiger partial charge in [0, 0.05) is 34.1 Å². The van der Waals surface area contributed by atoms with Gasteiger partial charge >= 0.3 is 37.9 Å². The first kappa shape index (κ1) is 47.8. The number of hydrogen-bond donors (Lipinski definition) is 0. The molecule has 4 unspecified atom stereocenters. The maximum absolute atomic E-state index is 4.93. The Labute approximate surface area is 342 Å². The summed E-state index contributed by atoms with van der Waals surface area (Å²) < 4.78 is 0. The van der Waals surface area contributed by atoms with Gasteiger partial charge in [0.25, 0.3) is 0 Å². The molecular formula is C43H62Cl2S4Zr. The molecule has 4 heterocycles. The second-order valence-corrected chi connectivity index (χ2v) is 23.0. The molecule has 2 fully saturated rings. The fourth-order valence-electron chi connectivity index (χ4n) is 6.71. The van der Waals surface area contributed by atoms with Gasteiger partial charge in [-0.05, 0) is 163 Å². The molecule has 0 bridgehead atoms. The summed E-state index contributed by atoms with van der Waals surface area (Å²) in [7, 11) is 9.87. The summed E-state index contributed by atoms with van der Waals surface area (Å²) in [4.78, 5) is 10.4. The first-order chi connectivity index (χ1) is 22.8. The van der Waals surface area contributed by atoms with Crippen LogP contribution in [0.2, 0.25) is 0 Å². The summed E-state index contributed by atoms with van der Waals surface area (Å²) in [5, 5.41) is 2.08. The summed E-state index contributed by atoms with van der Waals surface area (Å²) in [6.45, 7) is 22.7. The third-order valence-electron chi connectivity index (χ3n) is 10.1. The molecule has 50 heavy (non-hydrogen) atoms. The van der Waals surface area contributed by atoms with Crippen molar-refractivity contribution in [1.82, 2.24) is 0 Å². The number of thiophene rings is 4. The summed E-state index contributed by atoms with van der Waals surface area (Å²) in [6, 6.07) is 17.8. The van der Waals surface area contributed by atoms with Crippen LogP contribution < -0.4 is 0 Å². The Balaban J connectivity index is 0.000000329. The van der Waals surface area contributed by atoms with Crippen molar-refractivity contribution in [2.75, 3.05) is 0 Å². The fraction of sp³-hybridized carbons (Fsp3) is 0.488. The van der Waals surface area contributed by atoms with Gasteiger partial charge < -0.3 is 14.9 Å². The molecule has 4 atom stereocenters. The molecule has 0 amide bonds. The molecule has 3 aliphatic rings. The molecule has 2 saturated carbocycles. The van der Waals surface area contributed by atoms with Crippen LogP contribution in [0.4, 0.5) is 0 Å². The molecule has 0 N–H and O–H groups in total. The van der Waals surface area contributed by atoms with E-state index >= 15 is 0 Å². The van der Waals surface area contributed by atoms with Crippen LogP contribution in [0.3, 0.4) is 0 Å². The Kier molecular flexibility index (Phi) is 23.1. The normalized spacial score (nSPS) is 23.2. The standard InChI is InChI=1S/2C12H18S.C12H14S.C5H6S.2CH3.2ClH.Zr/c3*1-8-6-11(7-9(8)2)12-5-4-10(3)13-12;1-5-3-2-4-6-5;;;;;/h2*4-5,8-9,11H,6-7H2,1-3H3;4-6H,7H2,1-3H3;2-4H,1H3;2*1H3;2*1H;/q;;;;2*-1;;;+4/p-2. The quantitative estimate of drug-likeness (QED) is 0.180. The Morgan fingerprint density at radius 2 is 1.00 bits per heavy atom. The fourth-order valence-corrected chi connectivity index (χ4v) is 10.1. The molecule has 0 aromatic carbocycles. The van der Waals surface area contributed by atoms with Crippen LogP contribution in [0.1, 0.15) is 120 Å². The zero-order chi connectivity index (χ0) is 35.4. The van der Waals surface area contributed by atoms with Gasteiger partial charge in [-0.3, -0.25) is 0 Å². The molecule has 0 aliphatic heterocycles. The van der Waals surface area contributed by atoms with Crippen LogP contribution in [0.25, 0.3) is 5.57 Å². The van der Waals surface area contributed by atoms with Gasteiger partial charge in [-0.1, -0.05) is 51.0 Å². The average Bonchev–Trinajstić information content (AvgIpc) is 3.89. The van der Waals surface area contributed by atoms with Crippen LogP contribution in [0, 0.1) is 66.2 Å².